The number of hydrogen-bond donors (Lipinski definition) is 1. The SMILES string of the molecule is CCOc1nc(N2CCNCC2)nc(N2CCSCC2)c1C=O. The van der Waals surface area contributed by atoms with Crippen molar-refractivity contribution in [3.8, 4) is 5.88 Å². The number of hydrogen-bond acceptors (Lipinski definition) is 8. The van der Waals surface area contributed by atoms with Gasteiger partial charge in [-0.2, -0.15) is 21.7 Å². The summed E-state index contributed by atoms with van der Waals surface area (Å²) in [5.74, 6) is 3.88. The lowest BCUT2D eigenvalue weighted by molar-refractivity contribution is 0.111. The molecular weight excluding hydrogens is 314 g/mol. The van der Waals surface area contributed by atoms with Crippen LogP contribution in [0.1, 0.15) is 17.3 Å². The number of ether oxygens (including phenoxy) is 1. The summed E-state index contributed by atoms with van der Waals surface area (Å²) in [5, 5.41) is 3.33. The predicted molar refractivity (Wildman–Crippen MR) is 93.2 cm³/mol. The van der Waals surface area contributed by atoms with E-state index in [2.05, 4.69) is 20.1 Å². The Morgan fingerprint density at radius 3 is 2.57 bits per heavy atom. The van der Waals surface area contributed by atoms with Crippen molar-refractivity contribution in [1.82, 2.24) is 15.3 Å². The van der Waals surface area contributed by atoms with E-state index in [1.54, 1.807) is 0 Å². The third-order valence-electron chi connectivity index (χ3n) is 3.99. The smallest absolute Gasteiger partial charge is 0.231 e. The van der Waals surface area contributed by atoms with Crippen LogP contribution in [0.15, 0.2) is 0 Å². The van der Waals surface area contributed by atoms with Gasteiger partial charge in [-0.3, -0.25) is 4.79 Å². The second kappa shape index (κ2) is 7.83. The van der Waals surface area contributed by atoms with Gasteiger partial charge in [0, 0.05) is 50.8 Å². The Morgan fingerprint density at radius 2 is 1.91 bits per heavy atom. The molecule has 0 unspecified atom stereocenters. The molecule has 0 saturated carbocycles. The van der Waals surface area contributed by atoms with Crippen molar-refractivity contribution in [3.63, 3.8) is 0 Å². The zero-order valence-electron chi connectivity index (χ0n) is 13.5. The molecule has 126 valence electrons. The average molecular weight is 337 g/mol. The first-order chi connectivity index (χ1) is 11.3. The molecule has 1 N–H and O–H groups in total. The number of aromatic nitrogens is 2. The quantitative estimate of drug-likeness (QED) is 0.786. The molecule has 0 aliphatic carbocycles. The molecule has 8 heteroatoms. The number of anilines is 2. The molecule has 2 fully saturated rings. The van der Waals surface area contributed by atoms with Crippen molar-refractivity contribution in [2.75, 3.05) is 67.2 Å². The van der Waals surface area contributed by atoms with E-state index in [-0.39, 0.29) is 0 Å². The third kappa shape index (κ3) is 3.69. The van der Waals surface area contributed by atoms with Crippen LogP contribution in [0.3, 0.4) is 0 Å². The second-order valence-corrected chi connectivity index (χ2v) is 6.68. The Labute approximate surface area is 140 Å². The molecule has 7 nitrogen and oxygen atoms in total. The Morgan fingerprint density at radius 1 is 1.17 bits per heavy atom. The van der Waals surface area contributed by atoms with Crippen LogP contribution >= 0.6 is 11.8 Å². The normalized spacial score (nSPS) is 18.8. The van der Waals surface area contributed by atoms with Gasteiger partial charge in [-0.15, -0.1) is 0 Å². The summed E-state index contributed by atoms with van der Waals surface area (Å²) in [5.41, 5.74) is 0.470. The van der Waals surface area contributed by atoms with Gasteiger partial charge in [-0.1, -0.05) is 0 Å². The Kier molecular flexibility index (Phi) is 5.56. The maximum Gasteiger partial charge on any atom is 0.231 e. The van der Waals surface area contributed by atoms with Gasteiger partial charge in [-0.05, 0) is 6.92 Å². The molecule has 1 aromatic rings. The molecule has 0 radical (unpaired) electrons. The highest BCUT2D eigenvalue weighted by molar-refractivity contribution is 7.99. The topological polar surface area (TPSA) is 70.6 Å². The number of nitrogens with zero attached hydrogens (tertiary/aromatic N) is 4. The first-order valence-electron chi connectivity index (χ1n) is 8.12. The summed E-state index contributed by atoms with van der Waals surface area (Å²) in [6.07, 6.45) is 0.823. The molecule has 0 amide bonds. The third-order valence-corrected chi connectivity index (χ3v) is 4.93. The fourth-order valence-corrected chi connectivity index (χ4v) is 3.70. The molecule has 2 aliphatic rings. The number of piperazine rings is 1. The van der Waals surface area contributed by atoms with Crippen LogP contribution in [0, 0.1) is 0 Å². The lowest BCUT2D eigenvalue weighted by Gasteiger charge is -2.31. The zero-order valence-corrected chi connectivity index (χ0v) is 14.3. The molecule has 23 heavy (non-hydrogen) atoms. The van der Waals surface area contributed by atoms with E-state index < -0.39 is 0 Å². The van der Waals surface area contributed by atoms with Crippen LogP contribution in [0.2, 0.25) is 0 Å². The van der Waals surface area contributed by atoms with Gasteiger partial charge in [-0.25, -0.2) is 0 Å². The number of thioether (sulfide) groups is 1. The van der Waals surface area contributed by atoms with Crippen molar-refractivity contribution in [2.45, 2.75) is 6.92 Å². The van der Waals surface area contributed by atoms with Crippen molar-refractivity contribution < 1.29 is 9.53 Å². The number of rotatable bonds is 5. The van der Waals surface area contributed by atoms with Crippen molar-refractivity contribution in [3.05, 3.63) is 5.56 Å². The monoisotopic (exact) mass is 337 g/mol. The van der Waals surface area contributed by atoms with Crippen LogP contribution in [-0.2, 0) is 0 Å². The lowest BCUT2D eigenvalue weighted by Crippen LogP contribution is -2.44. The summed E-state index contributed by atoms with van der Waals surface area (Å²) in [6.45, 7) is 7.73. The molecular formula is C15H23N5O2S. The van der Waals surface area contributed by atoms with Crippen molar-refractivity contribution in [2.24, 2.45) is 0 Å². The van der Waals surface area contributed by atoms with Gasteiger partial charge in [0.2, 0.25) is 11.8 Å². The molecule has 0 spiro atoms. The minimum Gasteiger partial charge on any atom is -0.477 e. The Bertz CT molecular complexity index is 545. The maximum absolute atomic E-state index is 11.6. The molecule has 3 heterocycles. The largest absolute Gasteiger partial charge is 0.477 e. The van der Waals surface area contributed by atoms with E-state index in [1.807, 2.05) is 18.7 Å². The van der Waals surface area contributed by atoms with Crippen LogP contribution in [0.5, 0.6) is 5.88 Å². The van der Waals surface area contributed by atoms with E-state index in [1.165, 1.54) is 0 Å². The highest BCUT2D eigenvalue weighted by Gasteiger charge is 2.24. The fourth-order valence-electron chi connectivity index (χ4n) is 2.80. The van der Waals surface area contributed by atoms with E-state index in [9.17, 15) is 4.79 Å². The van der Waals surface area contributed by atoms with E-state index >= 15 is 0 Å². The van der Waals surface area contributed by atoms with Crippen LogP contribution in [-0.4, -0.2) is 73.6 Å². The summed E-state index contributed by atoms with van der Waals surface area (Å²) >= 11 is 1.93. The van der Waals surface area contributed by atoms with Crippen molar-refractivity contribution >= 4 is 29.8 Å². The second-order valence-electron chi connectivity index (χ2n) is 5.45. The number of carbonyl (C=O) groups excluding carboxylic acids is 1. The van der Waals surface area contributed by atoms with Gasteiger partial charge >= 0.3 is 0 Å². The Hall–Kier alpha value is -1.54. The first kappa shape index (κ1) is 16.3. The molecule has 3 rings (SSSR count). The van der Waals surface area contributed by atoms with E-state index in [0.717, 1.165) is 57.1 Å². The molecule has 2 saturated heterocycles. The lowest BCUT2D eigenvalue weighted by atomic mass is 10.2. The molecule has 0 aromatic carbocycles. The summed E-state index contributed by atoms with van der Waals surface area (Å²) in [7, 11) is 0. The van der Waals surface area contributed by atoms with Gasteiger partial charge < -0.3 is 19.9 Å². The van der Waals surface area contributed by atoms with Crippen LogP contribution in [0.25, 0.3) is 0 Å². The van der Waals surface area contributed by atoms with Crippen LogP contribution in [0.4, 0.5) is 11.8 Å². The maximum atomic E-state index is 11.6. The summed E-state index contributed by atoms with van der Waals surface area (Å²) < 4.78 is 5.63. The van der Waals surface area contributed by atoms with Crippen molar-refractivity contribution in [1.29, 1.82) is 0 Å². The Balaban J connectivity index is 1.99. The summed E-state index contributed by atoms with van der Waals surface area (Å²) in [4.78, 5) is 25.2. The van der Waals surface area contributed by atoms with E-state index in [0.29, 0.717) is 29.8 Å². The number of nitrogens with one attached hydrogen (secondary N) is 1. The van der Waals surface area contributed by atoms with Crippen LogP contribution < -0.4 is 19.9 Å². The minimum absolute atomic E-state index is 0.402. The zero-order chi connectivity index (χ0) is 16.1. The predicted octanol–water partition coefficient (Wildman–Crippen LogP) is 0.651. The molecule has 0 atom stereocenters. The number of aldehydes is 1. The van der Waals surface area contributed by atoms with E-state index in [4.69, 9.17) is 9.72 Å². The fraction of sp³-hybridized carbons (Fsp3) is 0.667. The minimum atomic E-state index is 0.402. The standard InChI is InChI=1S/C15H23N5O2S/c1-2-22-14-12(11-21)13(19-7-9-23-10-8-19)17-15(18-14)20-5-3-16-4-6-20/h11,16H,2-10H2,1H3. The van der Waals surface area contributed by atoms with Gasteiger partial charge in [0.1, 0.15) is 11.4 Å². The first-order valence-corrected chi connectivity index (χ1v) is 9.27. The molecule has 2 aliphatic heterocycles. The average Bonchev–Trinajstić information content (AvgIpc) is 2.63. The molecule has 0 bridgehead atoms. The number of carbonyl (C=O) groups is 1. The summed E-state index contributed by atoms with van der Waals surface area (Å²) in [6, 6.07) is 0. The highest BCUT2D eigenvalue weighted by atomic mass is 32.2. The van der Waals surface area contributed by atoms with Gasteiger partial charge in [0.05, 0.1) is 6.61 Å². The molecule has 1 aromatic heterocycles. The highest BCUT2D eigenvalue weighted by Crippen LogP contribution is 2.29. The van der Waals surface area contributed by atoms with Gasteiger partial charge in [0.15, 0.2) is 6.29 Å². The van der Waals surface area contributed by atoms with Gasteiger partial charge in [0.25, 0.3) is 0 Å².